The first-order valence-electron chi connectivity index (χ1n) is 10.3. The summed E-state index contributed by atoms with van der Waals surface area (Å²) in [5.74, 6) is 0. The maximum Gasteiger partial charge on any atom is 0.105 e. The van der Waals surface area contributed by atoms with E-state index in [4.69, 9.17) is 0 Å². The minimum Gasteiger partial charge on any atom is -0.118 e. The van der Waals surface area contributed by atoms with Crippen molar-refractivity contribution in [2.45, 2.75) is 78.0 Å². The lowest BCUT2D eigenvalue weighted by molar-refractivity contribution is 1.02. The third kappa shape index (κ3) is 5.53. The first-order valence-corrected chi connectivity index (χ1v) is 13.2. The minimum absolute atomic E-state index is 0.198. The summed E-state index contributed by atoms with van der Waals surface area (Å²) in [6, 6.07) is 8.96. The summed E-state index contributed by atoms with van der Waals surface area (Å²) in [6.45, 7) is 18.9. The molecule has 0 heterocycles. The van der Waals surface area contributed by atoms with Crippen LogP contribution in [0, 0.1) is 6.08 Å². The van der Waals surface area contributed by atoms with Gasteiger partial charge in [0.05, 0.1) is 12.8 Å². The van der Waals surface area contributed by atoms with Gasteiger partial charge in [-0.3, -0.25) is 0 Å². The zero-order chi connectivity index (χ0) is 20.1. The number of hydrogen-bond donors (Lipinski definition) is 0. The molecule has 0 spiro atoms. The molecule has 0 N–H and O–H groups in total. The van der Waals surface area contributed by atoms with E-state index in [2.05, 4.69) is 110 Å². The average Bonchev–Trinajstić information content (AvgIpc) is 2.57. The molecule has 0 atom stereocenters. The summed E-state index contributed by atoms with van der Waals surface area (Å²) in [6.07, 6.45) is 12.8. The zero-order valence-corrected chi connectivity index (χ0v) is 20.1. The van der Waals surface area contributed by atoms with Gasteiger partial charge in [0.2, 0.25) is 0 Å². The fourth-order valence-electron chi connectivity index (χ4n) is 4.06. The Morgan fingerprint density at radius 1 is 0.778 bits per heavy atom. The van der Waals surface area contributed by atoms with E-state index < -0.39 is 0 Å². The van der Waals surface area contributed by atoms with Crippen LogP contribution in [0.2, 0.25) is 0 Å². The summed E-state index contributed by atoms with van der Waals surface area (Å²) in [5, 5.41) is 3.01. The molecule has 146 valence electrons. The summed E-state index contributed by atoms with van der Waals surface area (Å²) in [7, 11) is -0.396. The molecule has 2 heteroatoms. The third-order valence-corrected chi connectivity index (χ3v) is 11.2. The second kappa shape index (κ2) is 10.0. The second-order valence-corrected chi connectivity index (χ2v) is 15.1. The molecule has 27 heavy (non-hydrogen) atoms. The Bertz CT molecular complexity index is 740. The Labute approximate surface area is 170 Å². The van der Waals surface area contributed by atoms with Crippen LogP contribution in [0.5, 0.6) is 0 Å². The first-order chi connectivity index (χ1) is 12.7. The van der Waals surface area contributed by atoms with Gasteiger partial charge in [-0.25, -0.2) is 0 Å². The molecule has 1 aromatic carbocycles. The molecular formula is C25H36P2. The predicted octanol–water partition coefficient (Wildman–Crippen LogP) is 7.29. The topological polar surface area (TPSA) is 0 Å². The lowest BCUT2D eigenvalue weighted by atomic mass is 10.0. The molecule has 0 nitrogen and oxygen atoms in total. The SMILES string of the molecule is CC(C)P(c1ccccc1[C-]=C1C=CC=CC1=[P+](C(C)C)C(C)C)C(C)C. The van der Waals surface area contributed by atoms with Crippen molar-refractivity contribution in [3.05, 3.63) is 65.8 Å². The van der Waals surface area contributed by atoms with Gasteiger partial charge in [0.25, 0.3) is 0 Å². The summed E-state index contributed by atoms with van der Waals surface area (Å²) in [5.41, 5.74) is 5.31. The standard InChI is InChI=1S/C25H36P2/c1-18(2)26(19(3)4)24-15-11-9-13-22(24)17-23-14-10-12-16-25(23)27(20(5)6)21(7)8/h9-16,18-21H,1-8H3. The van der Waals surface area contributed by atoms with E-state index in [0.29, 0.717) is 22.6 Å². The molecule has 1 aliphatic rings. The lowest BCUT2D eigenvalue weighted by Crippen LogP contribution is -2.18. The molecule has 1 aromatic rings. The Hall–Kier alpha value is -0.960. The number of allylic oxidation sites excluding steroid dienone is 5. The van der Waals surface area contributed by atoms with E-state index in [-0.39, 0.29) is 15.5 Å². The van der Waals surface area contributed by atoms with Crippen molar-refractivity contribution in [2.75, 3.05) is 0 Å². The van der Waals surface area contributed by atoms with Crippen LogP contribution in [-0.4, -0.2) is 27.9 Å². The summed E-state index contributed by atoms with van der Waals surface area (Å²) in [4.78, 5) is 0. The van der Waals surface area contributed by atoms with Crippen LogP contribution in [0.1, 0.15) is 61.0 Å². The van der Waals surface area contributed by atoms with Gasteiger partial charge < -0.3 is 0 Å². The highest BCUT2D eigenvalue weighted by molar-refractivity contribution is 7.67. The quantitative estimate of drug-likeness (QED) is 0.349. The highest BCUT2D eigenvalue weighted by Gasteiger charge is 2.24. The number of benzene rings is 1. The van der Waals surface area contributed by atoms with E-state index in [9.17, 15) is 0 Å². The molecule has 0 saturated carbocycles. The fraction of sp³-hybridized carbons (Fsp3) is 0.480. The molecule has 0 aromatic heterocycles. The zero-order valence-electron chi connectivity index (χ0n) is 18.3. The van der Waals surface area contributed by atoms with Crippen molar-refractivity contribution < 1.29 is 0 Å². The normalized spacial score (nSPS) is 16.0. The molecule has 0 aliphatic heterocycles. The van der Waals surface area contributed by atoms with Gasteiger partial charge in [0.15, 0.2) is 0 Å². The average molecular weight is 399 g/mol. The van der Waals surface area contributed by atoms with Crippen molar-refractivity contribution >= 4 is 26.1 Å². The van der Waals surface area contributed by atoms with Crippen molar-refractivity contribution in [3.8, 4) is 0 Å². The van der Waals surface area contributed by atoms with Gasteiger partial charge in [0.1, 0.15) is 11.3 Å². The molecule has 0 radical (unpaired) electrons. The Morgan fingerprint density at radius 3 is 1.89 bits per heavy atom. The maximum absolute atomic E-state index is 3.85. The van der Waals surface area contributed by atoms with E-state index in [1.165, 1.54) is 21.7 Å². The van der Waals surface area contributed by atoms with Gasteiger partial charge in [-0.15, -0.1) is 31.7 Å². The van der Waals surface area contributed by atoms with Gasteiger partial charge in [0, 0.05) is 0 Å². The number of hydrogen-bond acceptors (Lipinski definition) is 0. The maximum atomic E-state index is 3.85. The highest BCUT2D eigenvalue weighted by Crippen LogP contribution is 2.46. The van der Waals surface area contributed by atoms with Crippen LogP contribution in [-0.2, 0) is 0 Å². The molecule has 0 saturated heterocycles. The largest absolute Gasteiger partial charge is 0.118 e. The van der Waals surface area contributed by atoms with E-state index in [1.807, 2.05) is 0 Å². The Kier molecular flexibility index (Phi) is 8.27. The van der Waals surface area contributed by atoms with Gasteiger partial charge in [-0.05, 0) is 45.1 Å². The highest BCUT2D eigenvalue weighted by atomic mass is 31.1. The Balaban J connectivity index is 2.63. The molecule has 0 fully saturated rings. The monoisotopic (exact) mass is 398 g/mol. The summed E-state index contributed by atoms with van der Waals surface area (Å²) < 4.78 is 0. The minimum atomic E-state index is -0.198. The van der Waals surface area contributed by atoms with Crippen LogP contribution in [0.4, 0.5) is 0 Å². The smallest absolute Gasteiger partial charge is 0.105 e. The van der Waals surface area contributed by atoms with Gasteiger partial charge >= 0.3 is 0 Å². The van der Waals surface area contributed by atoms with Crippen molar-refractivity contribution in [1.82, 2.24) is 0 Å². The summed E-state index contributed by atoms with van der Waals surface area (Å²) >= 11 is 0. The van der Waals surface area contributed by atoms with Gasteiger partial charge in [-0.2, -0.15) is 0 Å². The van der Waals surface area contributed by atoms with Gasteiger partial charge in [-0.1, -0.05) is 68.9 Å². The van der Waals surface area contributed by atoms with Crippen molar-refractivity contribution in [2.24, 2.45) is 0 Å². The van der Waals surface area contributed by atoms with E-state index in [1.54, 1.807) is 0 Å². The second-order valence-electron chi connectivity index (χ2n) is 8.35. The molecule has 0 bridgehead atoms. The van der Waals surface area contributed by atoms with Crippen LogP contribution < -0.4 is 5.30 Å². The fourth-order valence-corrected chi connectivity index (χ4v) is 10.0. The molecule has 0 unspecified atom stereocenters. The predicted molar refractivity (Wildman–Crippen MR) is 130 cm³/mol. The van der Waals surface area contributed by atoms with Crippen LogP contribution in [0.25, 0.3) is 0 Å². The van der Waals surface area contributed by atoms with Crippen LogP contribution in [0.15, 0.2) is 54.1 Å². The third-order valence-electron chi connectivity index (χ3n) is 4.86. The number of rotatable bonds is 6. The molecule has 0 amide bonds. The van der Waals surface area contributed by atoms with Crippen molar-refractivity contribution in [3.63, 3.8) is 0 Å². The van der Waals surface area contributed by atoms with Crippen LogP contribution >= 0.6 is 15.5 Å². The van der Waals surface area contributed by atoms with Crippen LogP contribution in [0.3, 0.4) is 0 Å². The van der Waals surface area contributed by atoms with E-state index >= 15 is 0 Å². The molecule has 1 aliphatic carbocycles. The van der Waals surface area contributed by atoms with E-state index in [0.717, 1.165) is 0 Å². The first kappa shape index (κ1) is 22.3. The Morgan fingerprint density at radius 2 is 1.33 bits per heavy atom. The molecular weight excluding hydrogens is 362 g/mol. The van der Waals surface area contributed by atoms with Crippen molar-refractivity contribution in [1.29, 1.82) is 0 Å². The molecule has 2 rings (SSSR count). The lowest BCUT2D eigenvalue weighted by Gasteiger charge is -2.31.